The second-order valence-electron chi connectivity index (χ2n) is 9.88. The normalized spacial score (nSPS) is 18.9. The van der Waals surface area contributed by atoms with Crippen molar-refractivity contribution < 1.29 is 14.3 Å². The first-order valence-electron chi connectivity index (χ1n) is 13.3. The molecule has 2 aliphatic heterocycles. The number of anilines is 1. The summed E-state index contributed by atoms with van der Waals surface area (Å²) >= 11 is 0. The standard InChI is InChI=1S/C27H40N6O3/c1-21-28-22(2)33(29-21)17-10-27(35)31-15-6-13-30(25-11-18-36-19-12-25)14-7-16-32(23(3)34)26-9-5-4-8-24(26)20-31/h4-5,8-9,25H,6-7,10-20H2,1-3H3. The number of fused-ring (bicyclic) bond motifs is 1. The van der Waals surface area contributed by atoms with Crippen LogP contribution in [-0.4, -0.2) is 81.8 Å². The third-order valence-electron chi connectivity index (χ3n) is 7.28. The zero-order chi connectivity index (χ0) is 25.5. The molecule has 1 saturated heterocycles. The van der Waals surface area contributed by atoms with Gasteiger partial charge in [0.2, 0.25) is 11.8 Å². The van der Waals surface area contributed by atoms with Gasteiger partial charge in [-0.25, -0.2) is 9.67 Å². The highest BCUT2D eigenvalue weighted by Gasteiger charge is 2.25. The fourth-order valence-corrected chi connectivity index (χ4v) is 5.41. The van der Waals surface area contributed by atoms with Crippen molar-refractivity contribution in [2.45, 2.75) is 72.0 Å². The molecular weight excluding hydrogens is 456 g/mol. The highest BCUT2D eigenvalue weighted by molar-refractivity contribution is 5.92. The van der Waals surface area contributed by atoms with Gasteiger partial charge in [-0.15, -0.1) is 0 Å². The number of nitrogens with zero attached hydrogens (tertiary/aromatic N) is 6. The van der Waals surface area contributed by atoms with Crippen molar-refractivity contribution in [3.63, 3.8) is 0 Å². The highest BCUT2D eigenvalue weighted by atomic mass is 16.5. The van der Waals surface area contributed by atoms with E-state index in [4.69, 9.17) is 4.74 Å². The number of aromatic nitrogens is 3. The van der Waals surface area contributed by atoms with Crippen LogP contribution in [0.5, 0.6) is 0 Å². The number of ether oxygens (including phenoxy) is 1. The van der Waals surface area contributed by atoms with E-state index in [0.717, 1.165) is 74.9 Å². The van der Waals surface area contributed by atoms with E-state index in [1.807, 2.05) is 52.6 Å². The van der Waals surface area contributed by atoms with Crippen molar-refractivity contribution in [2.75, 3.05) is 44.3 Å². The monoisotopic (exact) mass is 496 g/mol. The Morgan fingerprint density at radius 3 is 2.44 bits per heavy atom. The molecule has 1 aromatic heterocycles. The summed E-state index contributed by atoms with van der Waals surface area (Å²) in [6.07, 6.45) is 4.29. The molecule has 0 aliphatic carbocycles. The zero-order valence-corrected chi connectivity index (χ0v) is 22.0. The van der Waals surface area contributed by atoms with Gasteiger partial charge in [0.15, 0.2) is 0 Å². The van der Waals surface area contributed by atoms with Crippen molar-refractivity contribution >= 4 is 17.5 Å². The Bertz CT molecular complexity index is 1030. The number of rotatable bonds is 4. The van der Waals surface area contributed by atoms with E-state index in [1.165, 1.54) is 0 Å². The molecule has 0 atom stereocenters. The Hall–Kier alpha value is -2.78. The number of hydrogen-bond donors (Lipinski definition) is 0. The van der Waals surface area contributed by atoms with Crippen LogP contribution in [0.4, 0.5) is 5.69 Å². The minimum atomic E-state index is 0.0343. The number of hydrogen-bond acceptors (Lipinski definition) is 6. The molecule has 0 radical (unpaired) electrons. The Labute approximate surface area is 214 Å². The number of benzene rings is 1. The molecule has 4 rings (SSSR count). The molecule has 1 aromatic carbocycles. The van der Waals surface area contributed by atoms with Gasteiger partial charge in [-0.05, 0) is 51.2 Å². The topological polar surface area (TPSA) is 83.8 Å². The Morgan fingerprint density at radius 2 is 1.75 bits per heavy atom. The van der Waals surface area contributed by atoms with E-state index in [2.05, 4.69) is 15.0 Å². The van der Waals surface area contributed by atoms with Gasteiger partial charge >= 0.3 is 0 Å². The fraction of sp³-hybridized carbons (Fsp3) is 0.630. The van der Waals surface area contributed by atoms with Gasteiger partial charge in [-0.2, -0.15) is 5.10 Å². The molecule has 9 nitrogen and oxygen atoms in total. The van der Waals surface area contributed by atoms with Crippen LogP contribution in [0.2, 0.25) is 0 Å². The second-order valence-corrected chi connectivity index (χ2v) is 9.88. The smallest absolute Gasteiger partial charge is 0.224 e. The van der Waals surface area contributed by atoms with E-state index in [9.17, 15) is 9.59 Å². The van der Waals surface area contributed by atoms with Gasteiger partial charge in [0, 0.05) is 71.0 Å². The fourth-order valence-electron chi connectivity index (χ4n) is 5.41. The minimum absolute atomic E-state index is 0.0343. The molecule has 36 heavy (non-hydrogen) atoms. The van der Waals surface area contributed by atoms with Crippen molar-refractivity contribution in [3.05, 3.63) is 41.5 Å². The lowest BCUT2D eigenvalue weighted by atomic mass is 10.1. The molecule has 2 aliphatic rings. The average Bonchev–Trinajstić information content (AvgIpc) is 3.19. The van der Waals surface area contributed by atoms with Crippen LogP contribution in [-0.2, 0) is 27.4 Å². The van der Waals surface area contributed by atoms with Crippen LogP contribution in [0, 0.1) is 13.8 Å². The van der Waals surface area contributed by atoms with Gasteiger partial charge in [-0.1, -0.05) is 18.2 Å². The van der Waals surface area contributed by atoms with E-state index >= 15 is 0 Å². The minimum Gasteiger partial charge on any atom is -0.381 e. The summed E-state index contributed by atoms with van der Waals surface area (Å²) in [4.78, 5) is 36.9. The first-order chi connectivity index (χ1) is 17.4. The Balaban J connectivity index is 1.55. The number of aryl methyl sites for hydroxylation is 3. The lowest BCUT2D eigenvalue weighted by Gasteiger charge is -2.36. The van der Waals surface area contributed by atoms with Crippen molar-refractivity contribution in [1.29, 1.82) is 0 Å². The highest BCUT2D eigenvalue weighted by Crippen LogP contribution is 2.25. The SMILES string of the molecule is CC(=O)N1CCCN(C2CCOCC2)CCCN(C(=O)CCn2nc(C)nc2C)Cc2ccccc21. The van der Waals surface area contributed by atoms with Crippen molar-refractivity contribution in [1.82, 2.24) is 24.6 Å². The predicted molar refractivity (Wildman–Crippen MR) is 139 cm³/mol. The molecule has 0 saturated carbocycles. The summed E-state index contributed by atoms with van der Waals surface area (Å²) in [6.45, 7) is 11.3. The summed E-state index contributed by atoms with van der Waals surface area (Å²) in [5, 5.41) is 4.41. The molecule has 0 spiro atoms. The van der Waals surface area contributed by atoms with E-state index in [-0.39, 0.29) is 11.8 Å². The molecule has 0 N–H and O–H groups in total. The van der Waals surface area contributed by atoms with Gasteiger partial charge in [-0.3, -0.25) is 9.59 Å². The molecule has 0 unspecified atom stereocenters. The average molecular weight is 497 g/mol. The van der Waals surface area contributed by atoms with Crippen LogP contribution in [0.3, 0.4) is 0 Å². The molecule has 2 aromatic rings. The van der Waals surface area contributed by atoms with Crippen LogP contribution in [0.15, 0.2) is 24.3 Å². The first-order valence-corrected chi connectivity index (χ1v) is 13.3. The van der Waals surface area contributed by atoms with Crippen LogP contribution < -0.4 is 4.90 Å². The summed E-state index contributed by atoms with van der Waals surface area (Å²) in [6, 6.07) is 8.50. The second kappa shape index (κ2) is 12.5. The summed E-state index contributed by atoms with van der Waals surface area (Å²) in [7, 11) is 0. The lowest BCUT2D eigenvalue weighted by molar-refractivity contribution is -0.132. The number of carbonyl (C=O) groups excluding carboxylic acids is 2. The summed E-state index contributed by atoms with van der Waals surface area (Å²) in [5.74, 6) is 1.68. The molecule has 2 amide bonds. The number of amides is 2. The first kappa shape index (κ1) is 26.3. The van der Waals surface area contributed by atoms with Gasteiger partial charge in [0.1, 0.15) is 11.6 Å². The molecule has 9 heteroatoms. The largest absolute Gasteiger partial charge is 0.381 e. The summed E-state index contributed by atoms with van der Waals surface area (Å²) in [5.41, 5.74) is 1.92. The van der Waals surface area contributed by atoms with Crippen LogP contribution >= 0.6 is 0 Å². The summed E-state index contributed by atoms with van der Waals surface area (Å²) < 4.78 is 7.40. The molecule has 196 valence electrons. The maximum Gasteiger partial charge on any atom is 0.224 e. The lowest BCUT2D eigenvalue weighted by Crippen LogP contribution is -2.43. The Morgan fingerprint density at radius 1 is 1.03 bits per heavy atom. The molecule has 3 heterocycles. The number of carbonyl (C=O) groups is 2. The van der Waals surface area contributed by atoms with Crippen LogP contribution in [0.25, 0.3) is 0 Å². The molecule has 0 bridgehead atoms. The molecule has 1 fully saturated rings. The van der Waals surface area contributed by atoms with Crippen molar-refractivity contribution in [2.24, 2.45) is 0 Å². The quantitative estimate of drug-likeness (QED) is 0.647. The molecular formula is C27H40N6O3. The van der Waals surface area contributed by atoms with Gasteiger partial charge < -0.3 is 19.4 Å². The third kappa shape index (κ3) is 6.70. The Kier molecular flexibility index (Phi) is 9.09. The zero-order valence-electron chi connectivity index (χ0n) is 22.0. The van der Waals surface area contributed by atoms with E-state index in [1.54, 1.807) is 6.92 Å². The van der Waals surface area contributed by atoms with Crippen LogP contribution in [0.1, 0.15) is 56.2 Å². The maximum atomic E-state index is 13.5. The predicted octanol–water partition coefficient (Wildman–Crippen LogP) is 2.94. The third-order valence-corrected chi connectivity index (χ3v) is 7.28. The van der Waals surface area contributed by atoms with E-state index < -0.39 is 0 Å². The number of para-hydroxylation sites is 1. The van der Waals surface area contributed by atoms with Crippen molar-refractivity contribution in [3.8, 4) is 0 Å². The van der Waals surface area contributed by atoms with E-state index in [0.29, 0.717) is 38.6 Å². The van der Waals surface area contributed by atoms with Gasteiger partial charge in [0.25, 0.3) is 0 Å². The van der Waals surface area contributed by atoms with Gasteiger partial charge in [0.05, 0.1) is 6.54 Å². The maximum absolute atomic E-state index is 13.5.